The van der Waals surface area contributed by atoms with Crippen LogP contribution in [0.3, 0.4) is 0 Å². The lowest BCUT2D eigenvalue weighted by atomic mass is 9.77. The summed E-state index contributed by atoms with van der Waals surface area (Å²) in [4.78, 5) is 28.5. The fraction of sp³-hybridized carbons (Fsp3) is 0.259. The highest BCUT2D eigenvalue weighted by Crippen LogP contribution is 2.47. The number of rotatable bonds is 8. The molecule has 1 heterocycles. The van der Waals surface area contributed by atoms with E-state index in [9.17, 15) is 23.1 Å². The van der Waals surface area contributed by atoms with Gasteiger partial charge in [-0.1, -0.05) is 66.2 Å². The second-order valence-electron chi connectivity index (χ2n) is 8.87. The molecule has 0 bridgehead atoms. The van der Waals surface area contributed by atoms with Crippen LogP contribution < -0.4 is 9.62 Å². The Kier molecular flexibility index (Phi) is 6.74. The molecule has 0 radical (unpaired) electrons. The van der Waals surface area contributed by atoms with Crippen LogP contribution >= 0.6 is 0 Å². The van der Waals surface area contributed by atoms with Crippen LogP contribution in [-0.4, -0.2) is 37.5 Å². The van der Waals surface area contributed by atoms with Crippen molar-refractivity contribution in [1.29, 1.82) is 0 Å². The molecular weight excluding hydrogens is 480 g/mol. The molecule has 3 aromatic carbocycles. The number of hydrogen-bond donors (Lipinski definition) is 2. The Hall–Kier alpha value is -3.53. The van der Waals surface area contributed by atoms with Gasteiger partial charge in [0.15, 0.2) is 5.54 Å². The van der Waals surface area contributed by atoms with E-state index in [1.165, 1.54) is 30.0 Å². The van der Waals surface area contributed by atoms with Crippen molar-refractivity contribution in [2.45, 2.75) is 43.4 Å². The predicted octanol–water partition coefficient (Wildman–Crippen LogP) is 3.03. The van der Waals surface area contributed by atoms with Crippen molar-refractivity contribution < 1.29 is 27.9 Å². The number of benzene rings is 3. The van der Waals surface area contributed by atoms with Gasteiger partial charge in [-0.3, -0.25) is 4.79 Å². The Morgan fingerprint density at radius 2 is 1.64 bits per heavy atom. The van der Waals surface area contributed by atoms with Crippen LogP contribution in [0, 0.1) is 6.92 Å². The molecule has 8 nitrogen and oxygen atoms in total. The van der Waals surface area contributed by atoms with E-state index < -0.39 is 33.0 Å². The third-order valence-electron chi connectivity index (χ3n) is 6.40. The molecule has 1 aliphatic rings. The van der Waals surface area contributed by atoms with Crippen molar-refractivity contribution in [2.75, 3.05) is 11.5 Å². The summed E-state index contributed by atoms with van der Waals surface area (Å²) in [7, 11) is -4.36. The average Bonchev–Trinajstić information content (AvgIpc) is 3.08. The molecule has 36 heavy (non-hydrogen) atoms. The number of sulfonamides is 1. The Bertz CT molecular complexity index is 1390. The van der Waals surface area contributed by atoms with E-state index in [4.69, 9.17) is 4.74 Å². The monoisotopic (exact) mass is 508 g/mol. The van der Waals surface area contributed by atoms with Gasteiger partial charge in [-0.15, -0.1) is 0 Å². The molecule has 188 valence electrons. The second kappa shape index (κ2) is 9.50. The van der Waals surface area contributed by atoms with Crippen molar-refractivity contribution >= 4 is 27.6 Å². The Balaban J connectivity index is 1.85. The molecule has 0 saturated carbocycles. The number of aryl methyl sites for hydroxylation is 1. The topological polar surface area (TPSA) is 113 Å². The summed E-state index contributed by atoms with van der Waals surface area (Å²) in [5.41, 5.74) is -2.85. The summed E-state index contributed by atoms with van der Waals surface area (Å²) >= 11 is 0. The van der Waals surface area contributed by atoms with Gasteiger partial charge >= 0.3 is 5.97 Å². The van der Waals surface area contributed by atoms with Gasteiger partial charge in [-0.2, -0.15) is 4.72 Å². The van der Waals surface area contributed by atoms with Gasteiger partial charge in [0.1, 0.15) is 0 Å². The highest BCUT2D eigenvalue weighted by molar-refractivity contribution is 7.89. The molecule has 0 aliphatic carbocycles. The van der Waals surface area contributed by atoms with E-state index >= 15 is 0 Å². The van der Waals surface area contributed by atoms with E-state index in [1.807, 2.05) is 37.3 Å². The standard InChI is InChI=1S/C27H28N2O6S/c1-4-35-25(31)26(3,28-36(33,34)21-16-14-19(2)15-17-21)27(32)22-12-8-9-13-23(22)29(24(27)30)18-20-10-6-5-7-11-20/h5-17,28,32H,4,18H2,1-3H3/t26-,27-/m0/s1. The van der Waals surface area contributed by atoms with Gasteiger partial charge < -0.3 is 14.7 Å². The van der Waals surface area contributed by atoms with Crippen LogP contribution in [0.25, 0.3) is 0 Å². The first kappa shape index (κ1) is 25.6. The van der Waals surface area contributed by atoms with Gasteiger partial charge in [0.25, 0.3) is 5.91 Å². The highest BCUT2D eigenvalue weighted by atomic mass is 32.2. The zero-order valence-corrected chi connectivity index (χ0v) is 21.1. The molecule has 0 aromatic heterocycles. The van der Waals surface area contributed by atoms with Crippen molar-refractivity contribution in [3.05, 3.63) is 95.6 Å². The third-order valence-corrected chi connectivity index (χ3v) is 7.97. The number of ether oxygens (including phenoxy) is 1. The summed E-state index contributed by atoms with van der Waals surface area (Å²) < 4.78 is 34.3. The van der Waals surface area contributed by atoms with Gasteiger partial charge in [-0.05, 0) is 44.5 Å². The van der Waals surface area contributed by atoms with E-state index in [1.54, 1.807) is 37.3 Å². The molecule has 1 aliphatic heterocycles. The van der Waals surface area contributed by atoms with Crippen LogP contribution in [-0.2, 0) is 36.5 Å². The lowest BCUT2D eigenvalue weighted by Crippen LogP contribution is -2.68. The van der Waals surface area contributed by atoms with Gasteiger partial charge in [0.05, 0.1) is 23.7 Å². The highest BCUT2D eigenvalue weighted by Gasteiger charge is 2.66. The number of nitrogens with one attached hydrogen (secondary N) is 1. The minimum absolute atomic E-state index is 0.0830. The van der Waals surface area contributed by atoms with E-state index in [0.29, 0.717) is 5.69 Å². The van der Waals surface area contributed by atoms with Gasteiger partial charge in [-0.25, -0.2) is 13.2 Å². The SMILES string of the molecule is CCOC(=O)[C@](C)(NS(=O)(=O)c1ccc(C)cc1)[C@@]1(O)C(=O)N(Cc2ccccc2)c2ccccc21. The molecular formula is C27H28N2O6S. The maximum absolute atomic E-state index is 13.9. The summed E-state index contributed by atoms with van der Waals surface area (Å²) in [6.45, 7) is 4.58. The van der Waals surface area contributed by atoms with Crippen LogP contribution in [0.15, 0.2) is 83.8 Å². The van der Waals surface area contributed by atoms with Crippen LogP contribution in [0.4, 0.5) is 5.69 Å². The molecule has 2 atom stereocenters. The number of anilines is 1. The fourth-order valence-electron chi connectivity index (χ4n) is 4.42. The van der Waals surface area contributed by atoms with Crippen molar-refractivity contribution in [1.82, 2.24) is 4.72 Å². The van der Waals surface area contributed by atoms with Crippen LogP contribution in [0.5, 0.6) is 0 Å². The molecule has 0 spiro atoms. The average molecular weight is 509 g/mol. The molecule has 0 saturated heterocycles. The molecule has 2 N–H and O–H groups in total. The quantitative estimate of drug-likeness (QED) is 0.453. The number of carbonyl (C=O) groups excluding carboxylic acids is 2. The zero-order chi connectivity index (χ0) is 26.1. The normalized spacial score (nSPS) is 19.0. The van der Waals surface area contributed by atoms with Gasteiger partial charge in [0.2, 0.25) is 15.6 Å². The molecule has 9 heteroatoms. The summed E-state index contributed by atoms with van der Waals surface area (Å²) in [6, 6.07) is 21.6. The number of hydrogen-bond acceptors (Lipinski definition) is 6. The minimum atomic E-state index is -4.36. The fourth-order valence-corrected chi connectivity index (χ4v) is 5.81. The minimum Gasteiger partial charge on any atom is -0.464 e. The molecule has 0 fully saturated rings. The first-order valence-corrected chi connectivity index (χ1v) is 13.0. The summed E-state index contributed by atoms with van der Waals surface area (Å²) in [5.74, 6) is -1.91. The second-order valence-corrected chi connectivity index (χ2v) is 10.6. The maximum Gasteiger partial charge on any atom is 0.330 e. The number of nitrogens with zero attached hydrogens (tertiary/aromatic N) is 1. The first-order chi connectivity index (χ1) is 17.0. The largest absolute Gasteiger partial charge is 0.464 e. The predicted molar refractivity (Wildman–Crippen MR) is 135 cm³/mol. The van der Waals surface area contributed by atoms with E-state index in [-0.39, 0.29) is 23.6 Å². The van der Waals surface area contributed by atoms with Crippen molar-refractivity contribution in [3.63, 3.8) is 0 Å². The summed E-state index contributed by atoms with van der Waals surface area (Å²) in [6.07, 6.45) is 0. The van der Waals surface area contributed by atoms with E-state index in [0.717, 1.165) is 11.1 Å². The Morgan fingerprint density at radius 1 is 1.03 bits per heavy atom. The maximum atomic E-state index is 13.9. The van der Waals surface area contributed by atoms with Crippen LogP contribution in [0.2, 0.25) is 0 Å². The number of aliphatic hydroxyl groups is 1. The third kappa shape index (κ3) is 4.19. The molecule has 4 rings (SSSR count). The lowest BCUT2D eigenvalue weighted by molar-refractivity contribution is -0.169. The zero-order valence-electron chi connectivity index (χ0n) is 20.3. The number of carbonyl (C=O) groups is 2. The van der Waals surface area contributed by atoms with E-state index in [2.05, 4.69) is 4.72 Å². The Labute approximate surface area is 210 Å². The number of amides is 1. The summed E-state index contributed by atoms with van der Waals surface area (Å²) in [5, 5.41) is 12.1. The Morgan fingerprint density at radius 3 is 2.28 bits per heavy atom. The smallest absolute Gasteiger partial charge is 0.330 e. The molecule has 3 aromatic rings. The number of para-hydroxylation sites is 1. The number of fused-ring (bicyclic) bond motifs is 1. The van der Waals surface area contributed by atoms with Gasteiger partial charge in [0, 0.05) is 5.56 Å². The molecule has 0 unspecified atom stereocenters. The lowest BCUT2D eigenvalue weighted by Gasteiger charge is -2.39. The number of esters is 1. The van der Waals surface area contributed by atoms with Crippen LogP contribution in [0.1, 0.15) is 30.5 Å². The molecule has 1 amide bonds. The van der Waals surface area contributed by atoms with Crippen molar-refractivity contribution in [2.24, 2.45) is 0 Å². The van der Waals surface area contributed by atoms with Crippen molar-refractivity contribution in [3.8, 4) is 0 Å². The first-order valence-electron chi connectivity index (χ1n) is 11.5.